The number of anilines is 1. The average Bonchev–Trinajstić information content (AvgIpc) is 3.43. The van der Waals surface area contributed by atoms with Gasteiger partial charge >= 0.3 is 0 Å². The smallest absolute Gasteiger partial charge is 0.252 e. The van der Waals surface area contributed by atoms with Crippen LogP contribution in [0.3, 0.4) is 0 Å². The maximum Gasteiger partial charge on any atom is 0.252 e. The minimum atomic E-state index is -0.633. The van der Waals surface area contributed by atoms with Crippen molar-refractivity contribution in [3.8, 4) is 11.1 Å². The zero-order valence-corrected chi connectivity index (χ0v) is 18.9. The Morgan fingerprint density at radius 3 is 2.10 bits per heavy atom. The van der Waals surface area contributed by atoms with Gasteiger partial charge in [0.15, 0.2) is 0 Å². The standard InChI is InChI=1S/C24H26N2O4S/c1-11-16(12-5-7-13(8-6-12)24(2,3)4)19(20(25)27)23(31-11)26-21(28)17-14-9-10-15(30-14)18(17)22(26)29/h5-8,14-15,17-18H,9-10H2,1-4H3,(H2,25,27). The van der Waals surface area contributed by atoms with Crippen molar-refractivity contribution in [3.63, 3.8) is 0 Å². The number of aryl methyl sites for hydroxylation is 1. The largest absolute Gasteiger partial charge is 0.373 e. The molecule has 3 fully saturated rings. The number of amides is 3. The quantitative estimate of drug-likeness (QED) is 0.739. The molecule has 0 radical (unpaired) electrons. The van der Waals surface area contributed by atoms with Crippen LogP contribution in [0, 0.1) is 18.8 Å². The number of nitrogens with zero attached hydrogens (tertiary/aromatic N) is 1. The van der Waals surface area contributed by atoms with Crippen molar-refractivity contribution in [3.05, 3.63) is 40.3 Å². The van der Waals surface area contributed by atoms with Gasteiger partial charge in [0.25, 0.3) is 5.91 Å². The van der Waals surface area contributed by atoms with Crippen molar-refractivity contribution in [2.24, 2.45) is 17.6 Å². The van der Waals surface area contributed by atoms with Crippen LogP contribution in [0.2, 0.25) is 0 Å². The van der Waals surface area contributed by atoms with Crippen molar-refractivity contribution in [2.75, 3.05) is 4.90 Å². The Morgan fingerprint density at radius 2 is 1.61 bits per heavy atom. The summed E-state index contributed by atoms with van der Waals surface area (Å²) in [6.45, 7) is 8.32. The van der Waals surface area contributed by atoms with Crippen LogP contribution in [-0.4, -0.2) is 29.9 Å². The van der Waals surface area contributed by atoms with E-state index in [4.69, 9.17) is 10.5 Å². The van der Waals surface area contributed by atoms with Gasteiger partial charge < -0.3 is 10.5 Å². The summed E-state index contributed by atoms with van der Waals surface area (Å²) in [5.74, 6) is -2.04. The van der Waals surface area contributed by atoms with Gasteiger partial charge in [-0.1, -0.05) is 45.0 Å². The summed E-state index contributed by atoms with van der Waals surface area (Å²) >= 11 is 1.28. The molecule has 3 aliphatic rings. The molecule has 0 saturated carbocycles. The number of benzene rings is 1. The molecule has 3 aliphatic heterocycles. The number of hydrogen-bond donors (Lipinski definition) is 1. The van der Waals surface area contributed by atoms with Crippen molar-refractivity contribution in [1.29, 1.82) is 0 Å². The van der Waals surface area contributed by atoms with Gasteiger partial charge in [-0.2, -0.15) is 0 Å². The summed E-state index contributed by atoms with van der Waals surface area (Å²) in [5, 5.41) is 0.351. The minimum Gasteiger partial charge on any atom is -0.373 e. The number of fused-ring (bicyclic) bond motifs is 5. The first kappa shape index (κ1) is 20.4. The van der Waals surface area contributed by atoms with E-state index in [1.54, 1.807) is 0 Å². The lowest BCUT2D eigenvalue weighted by Crippen LogP contribution is -2.35. The molecular weight excluding hydrogens is 412 g/mol. The van der Waals surface area contributed by atoms with E-state index >= 15 is 0 Å². The van der Waals surface area contributed by atoms with E-state index in [1.165, 1.54) is 21.8 Å². The van der Waals surface area contributed by atoms with E-state index in [0.717, 1.165) is 23.3 Å². The lowest BCUT2D eigenvalue weighted by atomic mass is 9.81. The second-order valence-corrected chi connectivity index (χ2v) is 11.0. The molecule has 0 aliphatic carbocycles. The normalized spacial score (nSPS) is 27.3. The Kier molecular flexibility index (Phi) is 4.44. The zero-order valence-electron chi connectivity index (χ0n) is 18.1. The Hall–Kier alpha value is -2.51. The fourth-order valence-corrected chi connectivity index (χ4v) is 6.50. The Morgan fingerprint density at radius 1 is 1.06 bits per heavy atom. The van der Waals surface area contributed by atoms with Crippen molar-refractivity contribution >= 4 is 34.1 Å². The number of carbonyl (C=O) groups excluding carboxylic acids is 3. The van der Waals surface area contributed by atoms with Crippen LogP contribution >= 0.6 is 11.3 Å². The second kappa shape index (κ2) is 6.74. The summed E-state index contributed by atoms with van der Waals surface area (Å²) in [6, 6.07) is 8.04. The van der Waals surface area contributed by atoms with Gasteiger partial charge in [0.2, 0.25) is 11.8 Å². The van der Waals surface area contributed by atoms with Gasteiger partial charge in [-0.3, -0.25) is 14.4 Å². The van der Waals surface area contributed by atoms with Crippen LogP contribution < -0.4 is 10.6 Å². The number of ether oxygens (including phenoxy) is 1. The molecule has 3 saturated heterocycles. The molecule has 7 heteroatoms. The van der Waals surface area contributed by atoms with Crippen molar-refractivity contribution in [1.82, 2.24) is 0 Å². The van der Waals surface area contributed by atoms with Crippen LogP contribution in [0.4, 0.5) is 5.00 Å². The van der Waals surface area contributed by atoms with E-state index in [0.29, 0.717) is 10.6 Å². The topological polar surface area (TPSA) is 89.7 Å². The number of imide groups is 1. The number of rotatable bonds is 3. The molecule has 5 rings (SSSR count). The van der Waals surface area contributed by atoms with Crippen molar-refractivity contribution in [2.45, 2.75) is 58.2 Å². The van der Waals surface area contributed by atoms with E-state index < -0.39 is 17.7 Å². The first-order chi connectivity index (χ1) is 14.6. The lowest BCUT2D eigenvalue weighted by Gasteiger charge is -2.19. The fourth-order valence-electron chi connectivity index (χ4n) is 5.31. The van der Waals surface area contributed by atoms with Crippen LogP contribution in [0.25, 0.3) is 11.1 Å². The average molecular weight is 439 g/mol. The number of primary amides is 1. The first-order valence-electron chi connectivity index (χ1n) is 10.7. The number of hydrogen-bond acceptors (Lipinski definition) is 5. The zero-order chi connectivity index (χ0) is 22.2. The van der Waals surface area contributed by atoms with Crippen LogP contribution in [-0.2, 0) is 19.7 Å². The van der Waals surface area contributed by atoms with Gasteiger partial charge in [-0.25, -0.2) is 4.90 Å². The third-order valence-electron chi connectivity index (χ3n) is 6.84. The summed E-state index contributed by atoms with van der Waals surface area (Å²) in [7, 11) is 0. The minimum absolute atomic E-state index is 0.00744. The molecule has 4 unspecified atom stereocenters. The third-order valence-corrected chi connectivity index (χ3v) is 7.93. The van der Waals surface area contributed by atoms with E-state index in [2.05, 4.69) is 20.8 Å². The summed E-state index contributed by atoms with van der Waals surface area (Å²) < 4.78 is 5.82. The predicted octanol–water partition coefficient (Wildman–Crippen LogP) is 3.79. The van der Waals surface area contributed by atoms with Gasteiger partial charge in [0, 0.05) is 10.4 Å². The third kappa shape index (κ3) is 2.90. The Balaban J connectivity index is 1.60. The Bertz CT molecular complexity index is 1080. The highest BCUT2D eigenvalue weighted by Gasteiger charge is 2.63. The fraction of sp³-hybridized carbons (Fsp3) is 0.458. The molecule has 31 heavy (non-hydrogen) atoms. The van der Waals surface area contributed by atoms with Crippen molar-refractivity contribution < 1.29 is 19.1 Å². The molecule has 2 bridgehead atoms. The maximum absolute atomic E-state index is 13.3. The summed E-state index contributed by atoms with van der Waals surface area (Å²) in [6.07, 6.45) is 1.21. The molecule has 3 amide bonds. The lowest BCUT2D eigenvalue weighted by molar-refractivity contribution is -0.124. The van der Waals surface area contributed by atoms with Gasteiger partial charge in [0.1, 0.15) is 5.00 Å². The molecule has 0 spiro atoms. The summed E-state index contributed by atoms with van der Waals surface area (Å²) in [4.78, 5) is 41.1. The molecule has 162 valence electrons. The van der Waals surface area contributed by atoms with Gasteiger partial charge in [-0.15, -0.1) is 11.3 Å². The van der Waals surface area contributed by atoms with E-state index in [1.807, 2.05) is 31.2 Å². The molecule has 4 heterocycles. The van der Waals surface area contributed by atoms with E-state index in [-0.39, 0.29) is 35.0 Å². The SMILES string of the molecule is Cc1sc(N2C(=O)C3C4CCC(O4)C3C2=O)c(C(N)=O)c1-c1ccc(C(C)(C)C)cc1. The first-order valence-corrected chi connectivity index (χ1v) is 11.5. The molecule has 1 aromatic carbocycles. The van der Waals surface area contributed by atoms with E-state index in [9.17, 15) is 14.4 Å². The molecule has 2 aromatic rings. The number of nitrogens with two attached hydrogens (primary N) is 1. The highest BCUT2D eigenvalue weighted by Crippen LogP contribution is 2.52. The molecule has 1 aromatic heterocycles. The molecule has 4 atom stereocenters. The highest BCUT2D eigenvalue weighted by molar-refractivity contribution is 7.17. The molecule has 2 N–H and O–H groups in total. The highest BCUT2D eigenvalue weighted by atomic mass is 32.1. The van der Waals surface area contributed by atoms with Crippen LogP contribution in [0.1, 0.15) is 54.4 Å². The van der Waals surface area contributed by atoms with Crippen LogP contribution in [0.15, 0.2) is 24.3 Å². The van der Waals surface area contributed by atoms with Gasteiger partial charge in [0.05, 0.1) is 29.6 Å². The molecule has 6 nitrogen and oxygen atoms in total. The van der Waals surface area contributed by atoms with Gasteiger partial charge in [-0.05, 0) is 36.3 Å². The second-order valence-electron chi connectivity index (χ2n) is 9.76. The summed E-state index contributed by atoms with van der Waals surface area (Å²) in [5.41, 5.74) is 8.79. The molecular formula is C24H26N2O4S. The monoisotopic (exact) mass is 438 g/mol. The maximum atomic E-state index is 13.3. The predicted molar refractivity (Wildman–Crippen MR) is 119 cm³/mol. The van der Waals surface area contributed by atoms with Crippen LogP contribution in [0.5, 0.6) is 0 Å². The Labute approximate surface area is 185 Å². The number of carbonyl (C=O) groups is 3. The number of thiophene rings is 1.